The lowest BCUT2D eigenvalue weighted by Crippen LogP contribution is -2.81. The second-order valence-corrected chi connectivity index (χ2v) is 20.0. The van der Waals surface area contributed by atoms with Crippen LogP contribution in [0.15, 0.2) is 41.5 Å². The molecule has 1 saturated heterocycles. The molecule has 0 radical (unpaired) electrons. The lowest BCUT2D eigenvalue weighted by atomic mass is 9.43. The van der Waals surface area contributed by atoms with Crippen molar-refractivity contribution in [3.05, 3.63) is 47.0 Å². The van der Waals surface area contributed by atoms with Crippen molar-refractivity contribution in [1.29, 1.82) is 0 Å². The molecule has 0 amide bonds. The number of hydrogen-bond acceptors (Lipinski definition) is 10. The van der Waals surface area contributed by atoms with Gasteiger partial charge in [-0.25, -0.2) is 4.79 Å². The maximum atomic E-state index is 14.1. The van der Waals surface area contributed by atoms with Crippen LogP contribution in [0.25, 0.3) is 0 Å². The van der Waals surface area contributed by atoms with Gasteiger partial charge >= 0.3 is 17.9 Å². The minimum absolute atomic E-state index is 0.0143. The van der Waals surface area contributed by atoms with E-state index in [0.717, 1.165) is 5.57 Å². The molecule has 1 aromatic rings. The number of carbonyl (C=O) groups is 3. The standard InChI is InChI=1S/C35H50O10Si/c1-19-16-25-34(18-41-25,44-22(4)37)28-30(43-31(39)23-14-12-11-13-15-23)35(40)17-24(45-46(8,9)10)20(2)26(32(35,5)6)27(38)29(33(19,28)7)42-21(3)36/h11-15,19,24-25,27-30,38,40H,16-18H2,1-10H3/t19-,24-,25+,27+,28?,29+,30-,33+,34-,35+/m0/s1. The van der Waals surface area contributed by atoms with Gasteiger partial charge in [0.2, 0.25) is 0 Å². The summed E-state index contributed by atoms with van der Waals surface area (Å²) < 4.78 is 31.6. The Labute approximate surface area is 272 Å². The van der Waals surface area contributed by atoms with Gasteiger partial charge in [-0.2, -0.15) is 0 Å². The summed E-state index contributed by atoms with van der Waals surface area (Å²) in [6, 6.07) is 8.52. The first-order valence-corrected chi connectivity index (χ1v) is 19.7. The molecule has 10 atom stereocenters. The van der Waals surface area contributed by atoms with Gasteiger partial charge in [0.15, 0.2) is 13.9 Å². The highest BCUT2D eigenvalue weighted by molar-refractivity contribution is 6.69. The van der Waals surface area contributed by atoms with Crippen LogP contribution in [0, 0.1) is 22.7 Å². The van der Waals surface area contributed by atoms with E-state index in [-0.39, 0.29) is 24.5 Å². The Hall–Kier alpha value is -2.57. The molecular formula is C35H50O10Si. The number of esters is 3. The van der Waals surface area contributed by atoms with Crippen LogP contribution in [-0.2, 0) is 33.0 Å². The quantitative estimate of drug-likeness (QED) is 0.193. The van der Waals surface area contributed by atoms with Gasteiger partial charge in [-0.05, 0) is 62.2 Å². The predicted molar refractivity (Wildman–Crippen MR) is 171 cm³/mol. The Morgan fingerprint density at radius 3 is 2.13 bits per heavy atom. The van der Waals surface area contributed by atoms with E-state index in [1.54, 1.807) is 30.3 Å². The van der Waals surface area contributed by atoms with E-state index in [4.69, 9.17) is 23.4 Å². The van der Waals surface area contributed by atoms with Gasteiger partial charge in [-0.1, -0.05) is 45.9 Å². The second-order valence-electron chi connectivity index (χ2n) is 15.6. The third kappa shape index (κ3) is 5.26. The molecule has 11 heteroatoms. The number of benzene rings is 1. The average molecular weight is 659 g/mol. The van der Waals surface area contributed by atoms with Crippen LogP contribution in [0.1, 0.15) is 71.7 Å². The number of ether oxygens (including phenoxy) is 4. The highest BCUT2D eigenvalue weighted by Crippen LogP contribution is 2.66. The molecule has 10 nitrogen and oxygen atoms in total. The van der Waals surface area contributed by atoms with Crippen LogP contribution in [0.3, 0.4) is 0 Å². The molecule has 1 aromatic carbocycles. The van der Waals surface area contributed by atoms with Crippen molar-refractivity contribution in [3.63, 3.8) is 0 Å². The Balaban J connectivity index is 1.86. The van der Waals surface area contributed by atoms with Crippen molar-refractivity contribution in [2.45, 2.75) is 123 Å². The first kappa shape index (κ1) is 34.8. The van der Waals surface area contributed by atoms with Crippen LogP contribution >= 0.6 is 0 Å². The van der Waals surface area contributed by atoms with E-state index in [1.165, 1.54) is 13.8 Å². The fourth-order valence-corrected chi connectivity index (χ4v) is 10.2. The van der Waals surface area contributed by atoms with Crippen molar-refractivity contribution in [2.24, 2.45) is 22.7 Å². The SMILES string of the molecule is CC(=O)O[C@@H]1[C@H](O)C2=C(C)[C@@H](O[Si](C)(C)C)C[C@@](O)([C@@H](OC(=O)c3ccccc3)C3[C@@]1(C)[C@@H](C)C[C@H]1OC[C@@]31OC(C)=O)C2(C)C. The van der Waals surface area contributed by atoms with Crippen LogP contribution in [-0.4, -0.2) is 84.8 Å². The van der Waals surface area contributed by atoms with Crippen molar-refractivity contribution < 1.29 is 48.0 Å². The Kier molecular flexibility index (Phi) is 8.72. The topological polar surface area (TPSA) is 138 Å². The Morgan fingerprint density at radius 2 is 1.61 bits per heavy atom. The highest BCUT2D eigenvalue weighted by atomic mass is 28.4. The lowest BCUT2D eigenvalue weighted by Gasteiger charge is -2.69. The van der Waals surface area contributed by atoms with Gasteiger partial charge in [0, 0.05) is 31.1 Å². The van der Waals surface area contributed by atoms with Gasteiger partial charge in [-0.15, -0.1) is 0 Å². The van der Waals surface area contributed by atoms with Gasteiger partial charge in [0.1, 0.15) is 30.0 Å². The lowest BCUT2D eigenvalue weighted by molar-refractivity contribution is -0.358. The first-order chi connectivity index (χ1) is 21.2. The third-order valence-corrected chi connectivity index (χ3v) is 12.4. The maximum Gasteiger partial charge on any atom is 0.338 e. The first-order valence-electron chi connectivity index (χ1n) is 16.2. The third-order valence-electron chi connectivity index (χ3n) is 11.4. The molecule has 5 rings (SSSR count). The van der Waals surface area contributed by atoms with E-state index >= 15 is 0 Å². The van der Waals surface area contributed by atoms with Gasteiger partial charge in [-0.3, -0.25) is 9.59 Å². The molecule has 2 bridgehead atoms. The summed E-state index contributed by atoms with van der Waals surface area (Å²) in [5, 5.41) is 25.9. The normalized spacial score (nSPS) is 39.9. The summed E-state index contributed by atoms with van der Waals surface area (Å²) in [6.07, 6.45) is -4.55. The minimum atomic E-state index is -2.23. The smallest absolute Gasteiger partial charge is 0.338 e. The monoisotopic (exact) mass is 658 g/mol. The maximum absolute atomic E-state index is 14.1. The Bertz CT molecular complexity index is 1420. The highest BCUT2D eigenvalue weighted by Gasteiger charge is 2.77. The summed E-state index contributed by atoms with van der Waals surface area (Å²) in [7, 11) is -2.23. The number of aliphatic hydroxyl groups is 2. The summed E-state index contributed by atoms with van der Waals surface area (Å²) in [5.74, 6) is -3.08. The average Bonchev–Trinajstić information content (AvgIpc) is 2.93. The predicted octanol–water partition coefficient (Wildman–Crippen LogP) is 4.58. The van der Waals surface area contributed by atoms with Crippen molar-refractivity contribution >= 4 is 26.2 Å². The Morgan fingerprint density at radius 1 is 0.978 bits per heavy atom. The van der Waals surface area contributed by atoms with E-state index in [2.05, 4.69) is 0 Å². The zero-order valence-electron chi connectivity index (χ0n) is 28.7. The molecule has 2 saturated carbocycles. The van der Waals surface area contributed by atoms with E-state index in [0.29, 0.717) is 12.0 Å². The molecular weight excluding hydrogens is 608 g/mol. The second kappa shape index (κ2) is 11.5. The van der Waals surface area contributed by atoms with E-state index in [1.807, 2.05) is 54.3 Å². The van der Waals surface area contributed by atoms with Crippen molar-refractivity contribution in [1.82, 2.24) is 0 Å². The molecule has 4 aliphatic rings. The summed E-state index contributed by atoms with van der Waals surface area (Å²) >= 11 is 0. The molecule has 1 unspecified atom stereocenters. The summed E-state index contributed by atoms with van der Waals surface area (Å²) in [4.78, 5) is 39.8. The molecule has 1 heterocycles. The number of hydrogen-bond donors (Lipinski definition) is 2. The number of fused-ring (bicyclic) bond motifs is 5. The van der Waals surface area contributed by atoms with Crippen LogP contribution < -0.4 is 0 Å². The van der Waals surface area contributed by atoms with Crippen LogP contribution in [0.2, 0.25) is 19.6 Å². The van der Waals surface area contributed by atoms with Gasteiger partial charge in [0.25, 0.3) is 0 Å². The molecule has 46 heavy (non-hydrogen) atoms. The molecule has 0 spiro atoms. The minimum Gasteiger partial charge on any atom is -0.459 e. The van der Waals surface area contributed by atoms with Crippen LogP contribution in [0.4, 0.5) is 0 Å². The molecule has 254 valence electrons. The molecule has 3 aliphatic carbocycles. The van der Waals surface area contributed by atoms with E-state index < -0.39 is 84.7 Å². The molecule has 1 aliphatic heterocycles. The molecule has 0 aromatic heterocycles. The number of rotatable bonds is 6. The summed E-state index contributed by atoms with van der Waals surface area (Å²) in [5.41, 5.74) is -4.07. The van der Waals surface area contributed by atoms with E-state index in [9.17, 15) is 24.6 Å². The number of aliphatic hydroxyl groups excluding tert-OH is 1. The zero-order chi connectivity index (χ0) is 34.2. The fourth-order valence-electron chi connectivity index (χ4n) is 9.08. The zero-order valence-corrected chi connectivity index (χ0v) is 29.7. The molecule has 2 N–H and O–H groups in total. The molecule has 3 fully saturated rings. The van der Waals surface area contributed by atoms with Crippen LogP contribution in [0.5, 0.6) is 0 Å². The number of carbonyl (C=O) groups excluding carboxylic acids is 3. The summed E-state index contributed by atoms with van der Waals surface area (Å²) in [6.45, 7) is 18.1. The largest absolute Gasteiger partial charge is 0.459 e. The van der Waals surface area contributed by atoms with Crippen molar-refractivity contribution in [2.75, 3.05) is 6.61 Å². The fraction of sp³-hybridized carbons (Fsp3) is 0.686. The van der Waals surface area contributed by atoms with Gasteiger partial charge < -0.3 is 33.6 Å². The van der Waals surface area contributed by atoms with Gasteiger partial charge in [0.05, 0.1) is 24.2 Å². The van der Waals surface area contributed by atoms with Crippen molar-refractivity contribution in [3.8, 4) is 0 Å².